The number of carbonyl (C=O) groups is 1. The molecule has 4 rings (SSSR count). The summed E-state index contributed by atoms with van der Waals surface area (Å²) in [5.74, 6) is -1.30. The van der Waals surface area contributed by atoms with Gasteiger partial charge in [-0.05, 0) is 30.7 Å². The molecule has 1 aliphatic rings. The molecule has 8 heteroatoms. The second-order valence-electron chi connectivity index (χ2n) is 6.41. The zero-order valence-corrected chi connectivity index (χ0v) is 17.0. The van der Waals surface area contributed by atoms with Gasteiger partial charge in [0, 0.05) is 10.4 Å². The van der Waals surface area contributed by atoms with E-state index < -0.39 is 23.2 Å². The minimum atomic E-state index is -0.799. The van der Waals surface area contributed by atoms with Gasteiger partial charge in [0.15, 0.2) is 0 Å². The van der Waals surface area contributed by atoms with Gasteiger partial charge in [-0.2, -0.15) is 0 Å². The van der Waals surface area contributed by atoms with E-state index in [-0.39, 0.29) is 11.1 Å². The van der Waals surface area contributed by atoms with Crippen molar-refractivity contribution in [2.45, 2.75) is 12.3 Å². The Morgan fingerprint density at radius 2 is 1.90 bits per heavy atom. The number of hydrogen-bond donors (Lipinski definition) is 2. The number of aliphatic imine (C=N–C) groups is 1. The maximum Gasteiger partial charge on any atom is 0.234 e. The SMILES string of the molecule is CC1=N[C@H](SCC(=O)Nc2c(F)cccc2F)c2cc(-c3ccccc3)sc2N1. The summed E-state index contributed by atoms with van der Waals surface area (Å²) < 4.78 is 27.5. The van der Waals surface area contributed by atoms with E-state index in [1.807, 2.05) is 37.3 Å². The fourth-order valence-electron chi connectivity index (χ4n) is 2.95. The number of nitrogens with zero attached hydrogens (tertiary/aromatic N) is 1. The second kappa shape index (κ2) is 8.34. The van der Waals surface area contributed by atoms with Crippen LogP contribution in [0, 0.1) is 11.6 Å². The first-order valence-electron chi connectivity index (χ1n) is 8.87. The topological polar surface area (TPSA) is 53.5 Å². The van der Waals surface area contributed by atoms with E-state index in [0.717, 1.165) is 39.0 Å². The van der Waals surface area contributed by atoms with Gasteiger partial charge in [0.05, 0.1) is 11.6 Å². The van der Waals surface area contributed by atoms with Gasteiger partial charge >= 0.3 is 0 Å². The Labute approximate surface area is 175 Å². The summed E-state index contributed by atoms with van der Waals surface area (Å²) in [6.45, 7) is 1.87. The van der Waals surface area contributed by atoms with Crippen LogP contribution in [0.1, 0.15) is 17.9 Å². The smallest absolute Gasteiger partial charge is 0.234 e. The highest BCUT2D eigenvalue weighted by Crippen LogP contribution is 2.45. The highest BCUT2D eigenvalue weighted by Gasteiger charge is 2.25. The Morgan fingerprint density at radius 3 is 2.62 bits per heavy atom. The van der Waals surface area contributed by atoms with Crippen molar-refractivity contribution in [3.8, 4) is 10.4 Å². The number of fused-ring (bicyclic) bond motifs is 1. The van der Waals surface area contributed by atoms with Gasteiger partial charge in [0.1, 0.15) is 27.7 Å². The lowest BCUT2D eigenvalue weighted by Gasteiger charge is -2.20. The molecule has 2 N–H and O–H groups in total. The number of anilines is 2. The van der Waals surface area contributed by atoms with Crippen LogP contribution in [0.25, 0.3) is 10.4 Å². The van der Waals surface area contributed by atoms with Crippen molar-refractivity contribution >= 4 is 45.5 Å². The number of thiophene rings is 1. The lowest BCUT2D eigenvalue weighted by molar-refractivity contribution is -0.113. The first-order chi connectivity index (χ1) is 14.0. The predicted octanol–water partition coefficient (Wildman–Crippen LogP) is 5.91. The third kappa shape index (κ3) is 4.33. The normalized spacial score (nSPS) is 15.3. The molecule has 2 heterocycles. The second-order valence-corrected chi connectivity index (χ2v) is 8.53. The van der Waals surface area contributed by atoms with Crippen molar-refractivity contribution in [1.82, 2.24) is 0 Å². The maximum absolute atomic E-state index is 13.7. The number of hydrogen-bond acceptors (Lipinski definition) is 5. The summed E-state index contributed by atoms with van der Waals surface area (Å²) in [5.41, 5.74) is 1.68. The van der Waals surface area contributed by atoms with Gasteiger partial charge in [0.2, 0.25) is 5.91 Å². The Morgan fingerprint density at radius 1 is 1.17 bits per heavy atom. The summed E-state index contributed by atoms with van der Waals surface area (Å²) in [6.07, 6.45) is 0. The van der Waals surface area contributed by atoms with E-state index in [0.29, 0.717) is 0 Å². The number of nitrogens with one attached hydrogen (secondary N) is 2. The van der Waals surface area contributed by atoms with Crippen LogP contribution in [0.3, 0.4) is 0 Å². The van der Waals surface area contributed by atoms with Crippen molar-refractivity contribution in [2.24, 2.45) is 4.99 Å². The van der Waals surface area contributed by atoms with Crippen molar-refractivity contribution in [1.29, 1.82) is 0 Å². The molecule has 4 nitrogen and oxygen atoms in total. The molecule has 0 saturated carbocycles. The number of carbonyl (C=O) groups excluding carboxylic acids is 1. The van der Waals surface area contributed by atoms with E-state index in [4.69, 9.17) is 0 Å². The molecular formula is C21H17F2N3OS2. The van der Waals surface area contributed by atoms with Gasteiger partial charge in [0.25, 0.3) is 0 Å². The fourth-order valence-corrected chi connectivity index (χ4v) is 5.15. The minimum Gasteiger partial charge on any atom is -0.336 e. The number of rotatable bonds is 5. The van der Waals surface area contributed by atoms with Crippen LogP contribution in [-0.2, 0) is 4.79 Å². The first-order valence-corrected chi connectivity index (χ1v) is 10.7. The van der Waals surface area contributed by atoms with Gasteiger partial charge in [-0.1, -0.05) is 36.4 Å². The molecular weight excluding hydrogens is 412 g/mol. The number of amides is 1. The molecule has 0 radical (unpaired) electrons. The summed E-state index contributed by atoms with van der Waals surface area (Å²) >= 11 is 2.95. The molecule has 1 aromatic heterocycles. The Balaban J connectivity index is 1.48. The van der Waals surface area contributed by atoms with Crippen molar-refractivity contribution in [3.05, 3.63) is 71.8 Å². The Kier molecular flexibility index (Phi) is 5.64. The zero-order valence-electron chi connectivity index (χ0n) is 15.4. The Bertz CT molecular complexity index is 1060. The monoisotopic (exact) mass is 429 g/mol. The summed E-state index contributed by atoms with van der Waals surface area (Å²) in [5, 5.41) is 6.32. The molecule has 2 aromatic carbocycles. The van der Waals surface area contributed by atoms with Crippen LogP contribution < -0.4 is 10.6 Å². The van der Waals surface area contributed by atoms with Crippen LogP contribution in [0.2, 0.25) is 0 Å². The molecule has 0 spiro atoms. The molecule has 0 fully saturated rings. The van der Waals surface area contributed by atoms with E-state index in [9.17, 15) is 13.6 Å². The first kappa shape index (κ1) is 19.6. The number of thioether (sulfide) groups is 1. The van der Waals surface area contributed by atoms with Crippen molar-refractivity contribution < 1.29 is 13.6 Å². The minimum absolute atomic E-state index is 0.0190. The summed E-state index contributed by atoms with van der Waals surface area (Å²) in [6, 6.07) is 15.6. The number of amidine groups is 1. The van der Waals surface area contributed by atoms with E-state index in [1.54, 1.807) is 11.3 Å². The molecule has 0 saturated heterocycles. The highest BCUT2D eigenvalue weighted by molar-refractivity contribution is 8.00. The van der Waals surface area contributed by atoms with Crippen LogP contribution in [-0.4, -0.2) is 17.5 Å². The third-order valence-electron chi connectivity index (χ3n) is 4.29. The lowest BCUT2D eigenvalue weighted by atomic mass is 10.1. The van der Waals surface area contributed by atoms with Crippen LogP contribution in [0.4, 0.5) is 19.5 Å². The van der Waals surface area contributed by atoms with Crippen LogP contribution in [0.5, 0.6) is 0 Å². The van der Waals surface area contributed by atoms with Gasteiger partial charge in [-0.25, -0.2) is 8.78 Å². The molecule has 1 amide bonds. The summed E-state index contributed by atoms with van der Waals surface area (Å²) in [7, 11) is 0. The largest absolute Gasteiger partial charge is 0.336 e. The van der Waals surface area contributed by atoms with E-state index in [1.165, 1.54) is 17.8 Å². The average Bonchev–Trinajstić information content (AvgIpc) is 3.14. The van der Waals surface area contributed by atoms with E-state index >= 15 is 0 Å². The molecule has 0 unspecified atom stereocenters. The predicted molar refractivity (Wildman–Crippen MR) is 117 cm³/mol. The highest BCUT2D eigenvalue weighted by atomic mass is 32.2. The molecule has 0 bridgehead atoms. The van der Waals surface area contributed by atoms with Crippen LogP contribution >= 0.6 is 23.1 Å². The standard InChI is InChI=1S/C21H17F2N3OS2/c1-12-24-20(28-11-18(27)26-19-15(22)8-5-9-16(19)23)14-10-17(29-21(14)25-12)13-6-3-2-4-7-13/h2-10,20H,11H2,1H3,(H,24,25)(H,26,27)/t20-/m1/s1. The average molecular weight is 430 g/mol. The third-order valence-corrected chi connectivity index (χ3v) is 6.51. The summed E-state index contributed by atoms with van der Waals surface area (Å²) in [4.78, 5) is 18.0. The fraction of sp³-hybridized carbons (Fsp3) is 0.143. The zero-order chi connectivity index (χ0) is 20.4. The quantitative estimate of drug-likeness (QED) is 0.530. The van der Waals surface area contributed by atoms with Crippen molar-refractivity contribution in [3.63, 3.8) is 0 Å². The van der Waals surface area contributed by atoms with Crippen molar-refractivity contribution in [2.75, 3.05) is 16.4 Å². The van der Waals surface area contributed by atoms with E-state index in [2.05, 4.69) is 21.7 Å². The number of benzene rings is 2. The molecule has 148 valence electrons. The van der Waals surface area contributed by atoms with Crippen LogP contribution in [0.15, 0.2) is 59.6 Å². The van der Waals surface area contributed by atoms with Gasteiger partial charge in [-0.3, -0.25) is 9.79 Å². The molecule has 29 heavy (non-hydrogen) atoms. The maximum atomic E-state index is 13.7. The van der Waals surface area contributed by atoms with Gasteiger partial charge in [-0.15, -0.1) is 23.1 Å². The lowest BCUT2D eigenvalue weighted by Crippen LogP contribution is -2.19. The molecule has 1 aliphatic heterocycles. The molecule has 1 atom stereocenters. The number of halogens is 2. The Hall–Kier alpha value is -2.71. The molecule has 0 aliphatic carbocycles. The molecule has 3 aromatic rings. The number of para-hydroxylation sites is 1. The van der Waals surface area contributed by atoms with Gasteiger partial charge < -0.3 is 10.6 Å².